The summed E-state index contributed by atoms with van der Waals surface area (Å²) in [5.41, 5.74) is 2.46. The van der Waals surface area contributed by atoms with Crippen LogP contribution < -0.4 is 10.2 Å². The van der Waals surface area contributed by atoms with Crippen molar-refractivity contribution in [1.82, 2.24) is 15.1 Å². The van der Waals surface area contributed by atoms with Crippen molar-refractivity contribution >= 4 is 35.3 Å². The fourth-order valence-corrected chi connectivity index (χ4v) is 6.11. The number of rotatable bonds is 7. The van der Waals surface area contributed by atoms with E-state index >= 15 is 0 Å². The summed E-state index contributed by atoms with van der Waals surface area (Å²) in [5.74, 6) is -1.78. The summed E-state index contributed by atoms with van der Waals surface area (Å²) < 4.78 is 5.46. The molecule has 0 radical (unpaired) electrons. The average molecular weight is 545 g/mol. The van der Waals surface area contributed by atoms with Crippen molar-refractivity contribution in [3.63, 3.8) is 0 Å². The number of nitrogens with zero attached hydrogens (tertiary/aromatic N) is 3. The van der Waals surface area contributed by atoms with Gasteiger partial charge in [0, 0.05) is 37.7 Å². The predicted octanol–water partition coefficient (Wildman–Crippen LogP) is 2.12. The number of benzene rings is 2. The number of carbonyl (C=O) groups is 5. The highest BCUT2D eigenvalue weighted by atomic mass is 16.5. The summed E-state index contributed by atoms with van der Waals surface area (Å²) in [6.07, 6.45) is 2.61. The van der Waals surface area contributed by atoms with Crippen LogP contribution in [0.15, 0.2) is 48.5 Å². The third kappa shape index (κ3) is 5.11. The van der Waals surface area contributed by atoms with Crippen LogP contribution in [-0.4, -0.2) is 77.7 Å². The first kappa shape index (κ1) is 26.2. The van der Waals surface area contributed by atoms with Gasteiger partial charge in [-0.15, -0.1) is 0 Å². The van der Waals surface area contributed by atoms with Crippen LogP contribution in [0.2, 0.25) is 0 Å². The number of anilines is 1. The third-order valence-electron chi connectivity index (χ3n) is 8.51. The van der Waals surface area contributed by atoms with Gasteiger partial charge in [0.15, 0.2) is 0 Å². The Balaban J connectivity index is 0.982. The maximum Gasteiger partial charge on any atom is 0.306 e. The summed E-state index contributed by atoms with van der Waals surface area (Å²) in [6.45, 7) is 3.83. The standard InChI is InChI=1S/C30H32N4O6/c35-26-9-8-25(28(37)31-26)34-29(38)23-7-6-21(15-24(23)30(34)39)33-16-22(17-33)32-12-10-19(11-13-32)14-27(36)40-18-20-4-2-1-3-5-20/h1-7,15,19,22,25H,8-14,16-18H2,(H,31,35,37). The first-order chi connectivity index (χ1) is 19.4. The first-order valence-electron chi connectivity index (χ1n) is 13.9. The fourth-order valence-electron chi connectivity index (χ4n) is 6.11. The lowest BCUT2D eigenvalue weighted by molar-refractivity contribution is -0.146. The highest BCUT2D eigenvalue weighted by Gasteiger charge is 2.45. The van der Waals surface area contributed by atoms with Crippen LogP contribution >= 0.6 is 0 Å². The number of hydrogen-bond acceptors (Lipinski definition) is 8. The molecule has 0 aromatic heterocycles. The summed E-state index contributed by atoms with van der Waals surface area (Å²) in [5, 5.41) is 2.22. The molecule has 2 aromatic carbocycles. The Labute approximate surface area is 232 Å². The molecule has 4 amide bonds. The van der Waals surface area contributed by atoms with Gasteiger partial charge in [0.25, 0.3) is 11.8 Å². The van der Waals surface area contributed by atoms with E-state index in [2.05, 4.69) is 15.1 Å². The molecule has 1 N–H and O–H groups in total. The number of nitrogens with one attached hydrogen (secondary N) is 1. The van der Waals surface area contributed by atoms with Crippen molar-refractivity contribution in [2.24, 2.45) is 5.92 Å². The molecule has 3 fully saturated rings. The molecular weight excluding hydrogens is 512 g/mol. The first-order valence-corrected chi connectivity index (χ1v) is 13.9. The van der Waals surface area contributed by atoms with Gasteiger partial charge in [-0.1, -0.05) is 30.3 Å². The molecule has 4 aliphatic heterocycles. The van der Waals surface area contributed by atoms with Crippen LogP contribution in [0, 0.1) is 5.92 Å². The van der Waals surface area contributed by atoms with E-state index in [9.17, 15) is 24.0 Å². The van der Waals surface area contributed by atoms with Gasteiger partial charge in [0.2, 0.25) is 11.8 Å². The summed E-state index contributed by atoms with van der Waals surface area (Å²) in [4.78, 5) is 67.8. The van der Waals surface area contributed by atoms with Crippen LogP contribution in [0.5, 0.6) is 0 Å². The number of carbonyl (C=O) groups excluding carboxylic acids is 5. The number of likely N-dealkylation sites (tertiary alicyclic amines) is 1. The van der Waals surface area contributed by atoms with Crippen molar-refractivity contribution in [3.8, 4) is 0 Å². The van der Waals surface area contributed by atoms with E-state index in [1.165, 1.54) is 0 Å². The van der Waals surface area contributed by atoms with E-state index in [-0.39, 0.29) is 18.8 Å². The number of imide groups is 2. The van der Waals surface area contributed by atoms with Crippen molar-refractivity contribution in [1.29, 1.82) is 0 Å². The number of ether oxygens (including phenoxy) is 1. The van der Waals surface area contributed by atoms with Crippen LogP contribution in [0.4, 0.5) is 5.69 Å². The smallest absolute Gasteiger partial charge is 0.306 e. The van der Waals surface area contributed by atoms with Gasteiger partial charge in [0.1, 0.15) is 12.6 Å². The molecule has 208 valence electrons. The van der Waals surface area contributed by atoms with Crippen LogP contribution in [0.1, 0.15) is 58.4 Å². The van der Waals surface area contributed by atoms with Gasteiger partial charge in [0.05, 0.1) is 11.1 Å². The second kappa shape index (κ2) is 10.8. The largest absolute Gasteiger partial charge is 0.461 e. The number of fused-ring (bicyclic) bond motifs is 1. The Morgan fingerprint density at radius 2 is 1.62 bits per heavy atom. The predicted molar refractivity (Wildman–Crippen MR) is 144 cm³/mol. The SMILES string of the molecule is O=C1CCC(N2C(=O)c3ccc(N4CC(N5CCC(CC(=O)OCc6ccccc6)CC5)C4)cc3C2=O)C(=O)N1. The maximum absolute atomic E-state index is 13.1. The lowest BCUT2D eigenvalue weighted by atomic mass is 9.91. The second-order valence-corrected chi connectivity index (χ2v) is 11.1. The maximum atomic E-state index is 13.1. The topological polar surface area (TPSA) is 116 Å². The minimum absolute atomic E-state index is 0.0970. The number of hydrogen-bond donors (Lipinski definition) is 1. The molecule has 10 nitrogen and oxygen atoms in total. The molecule has 4 aliphatic rings. The zero-order valence-electron chi connectivity index (χ0n) is 22.2. The van der Waals surface area contributed by atoms with Crippen molar-refractivity contribution in [3.05, 3.63) is 65.2 Å². The third-order valence-corrected chi connectivity index (χ3v) is 8.51. The van der Waals surface area contributed by atoms with Crippen LogP contribution in [-0.2, 0) is 25.7 Å². The minimum Gasteiger partial charge on any atom is -0.461 e. The van der Waals surface area contributed by atoms with Gasteiger partial charge in [-0.05, 0) is 62.0 Å². The number of piperidine rings is 2. The summed E-state index contributed by atoms with van der Waals surface area (Å²) in [7, 11) is 0. The molecule has 0 saturated carbocycles. The van der Waals surface area contributed by atoms with Gasteiger partial charge < -0.3 is 9.64 Å². The molecule has 0 bridgehead atoms. The lowest BCUT2D eigenvalue weighted by Crippen LogP contribution is -2.61. The molecule has 40 heavy (non-hydrogen) atoms. The Morgan fingerprint density at radius 1 is 0.900 bits per heavy atom. The van der Waals surface area contributed by atoms with Gasteiger partial charge >= 0.3 is 5.97 Å². The molecule has 0 spiro atoms. The van der Waals surface area contributed by atoms with E-state index in [1.54, 1.807) is 12.1 Å². The summed E-state index contributed by atoms with van der Waals surface area (Å²) in [6, 6.07) is 14.4. The van der Waals surface area contributed by atoms with E-state index in [1.807, 2.05) is 36.4 Å². The Hall–Kier alpha value is -4.05. The average Bonchev–Trinajstić information content (AvgIpc) is 3.17. The second-order valence-electron chi connectivity index (χ2n) is 11.1. The quantitative estimate of drug-likeness (QED) is 0.416. The molecule has 1 atom stereocenters. The Morgan fingerprint density at radius 3 is 2.35 bits per heavy atom. The molecule has 4 heterocycles. The number of amides is 4. The van der Waals surface area contributed by atoms with Gasteiger partial charge in [-0.3, -0.25) is 39.1 Å². The monoisotopic (exact) mass is 544 g/mol. The molecule has 6 rings (SSSR count). The van der Waals surface area contributed by atoms with Crippen LogP contribution in [0.3, 0.4) is 0 Å². The molecular formula is C30H32N4O6. The van der Waals surface area contributed by atoms with Crippen molar-refractivity contribution in [2.45, 2.75) is 50.8 Å². The van der Waals surface area contributed by atoms with Crippen molar-refractivity contribution < 1.29 is 28.7 Å². The highest BCUT2D eigenvalue weighted by molar-refractivity contribution is 6.23. The Kier molecular flexibility index (Phi) is 7.10. The van der Waals surface area contributed by atoms with E-state index in [4.69, 9.17) is 4.74 Å². The fraction of sp³-hybridized carbons (Fsp3) is 0.433. The molecule has 0 aliphatic carbocycles. The zero-order chi connectivity index (χ0) is 27.8. The summed E-state index contributed by atoms with van der Waals surface area (Å²) >= 11 is 0. The molecule has 10 heteroatoms. The lowest BCUT2D eigenvalue weighted by Gasteiger charge is -2.48. The Bertz CT molecular complexity index is 1350. The van der Waals surface area contributed by atoms with E-state index < -0.39 is 29.7 Å². The zero-order valence-corrected chi connectivity index (χ0v) is 22.2. The van der Waals surface area contributed by atoms with Crippen LogP contribution in [0.25, 0.3) is 0 Å². The van der Waals surface area contributed by atoms with E-state index in [0.717, 1.165) is 55.2 Å². The van der Waals surface area contributed by atoms with Gasteiger partial charge in [-0.25, -0.2) is 0 Å². The number of esters is 1. The molecule has 3 saturated heterocycles. The van der Waals surface area contributed by atoms with Crippen molar-refractivity contribution in [2.75, 3.05) is 31.1 Å². The van der Waals surface area contributed by atoms with Gasteiger partial charge in [-0.2, -0.15) is 0 Å². The minimum atomic E-state index is -0.962. The van der Waals surface area contributed by atoms with E-state index in [0.29, 0.717) is 36.1 Å². The normalized spacial score (nSPS) is 22.2. The molecule has 1 unspecified atom stereocenters. The highest BCUT2D eigenvalue weighted by Crippen LogP contribution is 2.33. The molecule has 2 aromatic rings.